The van der Waals surface area contributed by atoms with Gasteiger partial charge in [-0.2, -0.15) is 0 Å². The highest BCUT2D eigenvalue weighted by molar-refractivity contribution is 5.87. The standard InChI is InChI=1S/C28H27N3O4/c32-28(29-14-16-35-17-15-29)18-24(22-10-5-7-13-27(22)31(33)34)25-20-30(19-21-8-2-1-3-9-21)26-12-6-4-11-23(25)26/h1-13,20,24H,14-19H2/t24-/m1/s1. The van der Waals surface area contributed by atoms with Crippen molar-refractivity contribution in [2.45, 2.75) is 18.9 Å². The fourth-order valence-corrected chi connectivity index (χ4v) is 4.92. The summed E-state index contributed by atoms with van der Waals surface area (Å²) in [6.07, 6.45) is 2.22. The number of hydrogen-bond acceptors (Lipinski definition) is 4. The number of para-hydroxylation sites is 2. The number of nitro benzene ring substituents is 1. The summed E-state index contributed by atoms with van der Waals surface area (Å²) >= 11 is 0. The lowest BCUT2D eigenvalue weighted by Crippen LogP contribution is -2.41. The van der Waals surface area contributed by atoms with E-state index in [1.54, 1.807) is 23.1 Å². The lowest BCUT2D eigenvalue weighted by atomic mass is 9.86. The molecule has 5 rings (SSSR count). The highest BCUT2D eigenvalue weighted by Crippen LogP contribution is 2.39. The van der Waals surface area contributed by atoms with Gasteiger partial charge in [0, 0.05) is 60.7 Å². The van der Waals surface area contributed by atoms with Crippen LogP contribution in [0.4, 0.5) is 5.69 Å². The number of amides is 1. The topological polar surface area (TPSA) is 77.6 Å². The van der Waals surface area contributed by atoms with Gasteiger partial charge in [0.05, 0.1) is 18.1 Å². The molecule has 1 fully saturated rings. The Balaban J connectivity index is 1.61. The number of carbonyl (C=O) groups excluding carboxylic acids is 1. The van der Waals surface area contributed by atoms with Gasteiger partial charge in [-0.25, -0.2) is 0 Å². The van der Waals surface area contributed by atoms with E-state index in [0.717, 1.165) is 22.0 Å². The largest absolute Gasteiger partial charge is 0.378 e. The van der Waals surface area contributed by atoms with Crippen LogP contribution >= 0.6 is 0 Å². The fourth-order valence-electron chi connectivity index (χ4n) is 4.92. The van der Waals surface area contributed by atoms with Crippen LogP contribution in [0.25, 0.3) is 10.9 Å². The molecule has 0 spiro atoms. The number of ether oxygens (including phenoxy) is 1. The normalized spacial score (nSPS) is 14.7. The summed E-state index contributed by atoms with van der Waals surface area (Å²) in [4.78, 5) is 26.8. The second-order valence-electron chi connectivity index (χ2n) is 8.78. The van der Waals surface area contributed by atoms with E-state index in [4.69, 9.17) is 4.74 Å². The van der Waals surface area contributed by atoms with Crippen molar-refractivity contribution in [3.05, 3.63) is 112 Å². The SMILES string of the molecule is O=C(C[C@H](c1ccccc1[N+](=O)[O-])c1cn(Cc2ccccc2)c2ccccc12)N1CCOCC1. The molecule has 1 aliphatic heterocycles. The first kappa shape index (κ1) is 22.8. The van der Waals surface area contributed by atoms with Gasteiger partial charge in [-0.15, -0.1) is 0 Å². The predicted molar refractivity (Wildman–Crippen MR) is 134 cm³/mol. The zero-order valence-corrected chi connectivity index (χ0v) is 19.4. The number of nitrogens with zero attached hydrogens (tertiary/aromatic N) is 3. The number of aromatic nitrogens is 1. The Bertz CT molecular complexity index is 1340. The number of fused-ring (bicyclic) bond motifs is 1. The highest BCUT2D eigenvalue weighted by atomic mass is 16.6. The third-order valence-electron chi connectivity index (χ3n) is 6.64. The number of benzene rings is 3. The number of nitro groups is 1. The van der Waals surface area contributed by atoms with Gasteiger partial charge in [-0.1, -0.05) is 66.7 Å². The molecule has 0 aliphatic carbocycles. The van der Waals surface area contributed by atoms with Gasteiger partial charge >= 0.3 is 0 Å². The van der Waals surface area contributed by atoms with Gasteiger partial charge in [-0.3, -0.25) is 14.9 Å². The number of morpholine rings is 1. The lowest BCUT2D eigenvalue weighted by molar-refractivity contribution is -0.385. The van der Waals surface area contributed by atoms with E-state index in [-0.39, 0.29) is 22.9 Å². The minimum Gasteiger partial charge on any atom is -0.378 e. The van der Waals surface area contributed by atoms with Crippen LogP contribution in [0.15, 0.2) is 85.1 Å². The van der Waals surface area contributed by atoms with Crippen molar-refractivity contribution < 1.29 is 14.5 Å². The first-order chi connectivity index (χ1) is 17.1. The van der Waals surface area contributed by atoms with Crippen LogP contribution in [0.1, 0.15) is 29.0 Å². The predicted octanol–water partition coefficient (Wildman–Crippen LogP) is 4.98. The molecule has 1 atom stereocenters. The molecule has 1 saturated heterocycles. The number of carbonyl (C=O) groups is 1. The summed E-state index contributed by atoms with van der Waals surface area (Å²) in [5, 5.41) is 12.9. The first-order valence-electron chi connectivity index (χ1n) is 11.8. The van der Waals surface area contributed by atoms with E-state index in [9.17, 15) is 14.9 Å². The molecule has 7 heteroatoms. The van der Waals surface area contributed by atoms with Gasteiger partial charge in [0.1, 0.15) is 0 Å². The summed E-state index contributed by atoms with van der Waals surface area (Å²) in [5.41, 5.74) is 3.71. The molecule has 4 aromatic rings. The summed E-state index contributed by atoms with van der Waals surface area (Å²) in [5.74, 6) is -0.467. The Labute approximate surface area is 203 Å². The Kier molecular flexibility index (Phi) is 6.59. The molecule has 1 aliphatic rings. The number of hydrogen-bond donors (Lipinski definition) is 0. The summed E-state index contributed by atoms with van der Waals surface area (Å²) in [6, 6.07) is 25.0. The number of rotatable bonds is 7. The summed E-state index contributed by atoms with van der Waals surface area (Å²) in [7, 11) is 0. The molecule has 0 unspecified atom stereocenters. The minimum absolute atomic E-state index is 0.0173. The zero-order chi connectivity index (χ0) is 24.2. The second-order valence-corrected chi connectivity index (χ2v) is 8.78. The maximum absolute atomic E-state index is 13.4. The molecule has 178 valence electrons. The van der Waals surface area contributed by atoms with Crippen molar-refractivity contribution in [2.24, 2.45) is 0 Å². The molecule has 0 bridgehead atoms. The molecule has 35 heavy (non-hydrogen) atoms. The molecule has 1 aromatic heterocycles. The van der Waals surface area contributed by atoms with Gasteiger partial charge < -0.3 is 14.2 Å². The molecule has 0 saturated carbocycles. The molecular formula is C28H27N3O4. The fraction of sp³-hybridized carbons (Fsp3) is 0.250. The third-order valence-corrected chi connectivity index (χ3v) is 6.64. The van der Waals surface area contributed by atoms with E-state index in [1.807, 2.05) is 36.4 Å². The molecule has 3 aromatic carbocycles. The van der Waals surface area contributed by atoms with Crippen molar-refractivity contribution in [1.82, 2.24) is 9.47 Å². The summed E-state index contributed by atoms with van der Waals surface area (Å²) in [6.45, 7) is 2.77. The maximum atomic E-state index is 13.4. The summed E-state index contributed by atoms with van der Waals surface area (Å²) < 4.78 is 7.57. The van der Waals surface area contributed by atoms with E-state index < -0.39 is 5.92 Å². The van der Waals surface area contributed by atoms with E-state index >= 15 is 0 Å². The van der Waals surface area contributed by atoms with E-state index in [0.29, 0.717) is 38.4 Å². The molecule has 0 radical (unpaired) electrons. The smallest absolute Gasteiger partial charge is 0.273 e. The Morgan fingerprint density at radius 3 is 2.37 bits per heavy atom. The Hall–Kier alpha value is -3.97. The van der Waals surface area contributed by atoms with E-state index in [2.05, 4.69) is 29.0 Å². The van der Waals surface area contributed by atoms with Crippen LogP contribution in [-0.4, -0.2) is 46.6 Å². The quantitative estimate of drug-likeness (QED) is 0.283. The van der Waals surface area contributed by atoms with Gasteiger partial charge in [0.15, 0.2) is 0 Å². The van der Waals surface area contributed by atoms with Gasteiger partial charge in [0.2, 0.25) is 5.91 Å². The van der Waals surface area contributed by atoms with Crippen molar-refractivity contribution in [3.8, 4) is 0 Å². The van der Waals surface area contributed by atoms with Gasteiger partial charge in [-0.05, 0) is 17.2 Å². The lowest BCUT2D eigenvalue weighted by Gasteiger charge is -2.28. The van der Waals surface area contributed by atoms with Crippen LogP contribution in [0.2, 0.25) is 0 Å². The Morgan fingerprint density at radius 2 is 1.60 bits per heavy atom. The van der Waals surface area contributed by atoms with Gasteiger partial charge in [0.25, 0.3) is 5.69 Å². The molecule has 7 nitrogen and oxygen atoms in total. The third kappa shape index (κ3) is 4.81. The average molecular weight is 470 g/mol. The molecular weight excluding hydrogens is 442 g/mol. The monoisotopic (exact) mass is 469 g/mol. The van der Waals surface area contributed by atoms with E-state index in [1.165, 1.54) is 6.07 Å². The van der Waals surface area contributed by atoms with Crippen LogP contribution in [0.5, 0.6) is 0 Å². The zero-order valence-electron chi connectivity index (χ0n) is 19.4. The average Bonchev–Trinajstić information content (AvgIpc) is 3.26. The second kappa shape index (κ2) is 10.1. The first-order valence-corrected chi connectivity index (χ1v) is 11.8. The van der Waals surface area contributed by atoms with Crippen molar-refractivity contribution >= 4 is 22.5 Å². The van der Waals surface area contributed by atoms with Crippen LogP contribution in [-0.2, 0) is 16.1 Å². The van der Waals surface area contributed by atoms with Crippen molar-refractivity contribution in [2.75, 3.05) is 26.3 Å². The van der Waals surface area contributed by atoms with Crippen molar-refractivity contribution in [3.63, 3.8) is 0 Å². The molecule has 1 amide bonds. The minimum atomic E-state index is -0.450. The molecule has 0 N–H and O–H groups in total. The van der Waals surface area contributed by atoms with Crippen LogP contribution < -0.4 is 0 Å². The highest BCUT2D eigenvalue weighted by Gasteiger charge is 2.30. The molecule has 2 heterocycles. The maximum Gasteiger partial charge on any atom is 0.273 e. The van der Waals surface area contributed by atoms with Crippen molar-refractivity contribution in [1.29, 1.82) is 0 Å². The Morgan fingerprint density at radius 1 is 0.914 bits per heavy atom. The van der Waals surface area contributed by atoms with Crippen LogP contribution in [0.3, 0.4) is 0 Å². The van der Waals surface area contributed by atoms with Crippen LogP contribution in [0, 0.1) is 10.1 Å².